The number of ether oxygens (including phenoxy) is 1. The number of fused-ring (bicyclic) bond motifs is 8. The lowest BCUT2D eigenvalue weighted by molar-refractivity contribution is -0.128. The van der Waals surface area contributed by atoms with Crippen LogP contribution in [-0.4, -0.2) is 159 Å². The van der Waals surface area contributed by atoms with Gasteiger partial charge < -0.3 is 73.4 Å². The molecule has 0 fully saturated rings. The second-order valence-corrected chi connectivity index (χ2v) is 24.3. The van der Waals surface area contributed by atoms with E-state index >= 15 is 0 Å². The van der Waals surface area contributed by atoms with Crippen LogP contribution in [0.25, 0.3) is 0 Å². The van der Waals surface area contributed by atoms with E-state index in [2.05, 4.69) is 77.2 Å². The molecule has 86 heavy (non-hydrogen) atoms. The Hall–Kier alpha value is -7.96. The molecule has 0 aliphatic carbocycles. The van der Waals surface area contributed by atoms with Crippen LogP contribution >= 0.6 is 57.1 Å². The number of nitrogens with two attached hydrogens (primary N) is 1. The van der Waals surface area contributed by atoms with E-state index in [9.17, 15) is 63.6 Å². The van der Waals surface area contributed by atoms with Gasteiger partial charge in [-0.3, -0.25) is 48.3 Å². The second-order valence-electron chi connectivity index (χ2n) is 19.8. The summed E-state index contributed by atoms with van der Waals surface area (Å²) in [6.07, 6.45) is -2.50. The minimum absolute atomic E-state index is 0.00430. The van der Waals surface area contributed by atoms with Gasteiger partial charge in [0.2, 0.25) is 17.7 Å². The number of carbonyl (C=O) groups excluding carboxylic acids is 9. The number of aromatic nitrogens is 4. The number of alkyl carbamates (subject to hydrolysis) is 1. The van der Waals surface area contributed by atoms with E-state index in [-0.39, 0.29) is 84.5 Å². The van der Waals surface area contributed by atoms with Crippen LogP contribution in [0.1, 0.15) is 130 Å². The topological polar surface area (TPSA) is 442 Å². The van der Waals surface area contributed by atoms with Crippen LogP contribution in [0.3, 0.4) is 0 Å². The minimum Gasteiger partial charge on any atom is -0.445 e. The third kappa shape index (κ3) is 14.8. The predicted octanol–water partition coefficient (Wildman–Crippen LogP) is 0.676. The lowest BCUT2D eigenvalue weighted by Crippen LogP contribution is -2.52. The van der Waals surface area contributed by atoms with Crippen LogP contribution in [0.4, 0.5) is 4.79 Å². The summed E-state index contributed by atoms with van der Waals surface area (Å²) in [7, 11) is 0. The summed E-state index contributed by atoms with van der Waals surface area (Å²) in [6, 6.07) is -8.17. The third-order valence-electron chi connectivity index (χ3n) is 13.5. The van der Waals surface area contributed by atoms with E-state index in [0.29, 0.717) is 0 Å². The number of aliphatic hydroxyl groups is 4. The SMILES string of the molecule is C=CCOC(=O)N[C@@H](C)C(=O)N[C@@H]1c2csc(n2)[C@H]([C@@H](C)O)NC(=O)c2csc(n2)[C@H]([C@](C)(O)[C@@H](C)O)NC(=O)[C@H]2CSC(=N2)/C(=C/C)NC(=O)[C@@H]([C@@H](C)O)NC(=O)c2csc(n2)[C@@]12CCC(c1nc(C(=O)NC(=C)C(=O)NC(=C)C(N)=O)cs1)=N2. The van der Waals surface area contributed by atoms with Crippen LogP contribution in [0.5, 0.6) is 0 Å². The summed E-state index contributed by atoms with van der Waals surface area (Å²) in [5.74, 6) is -7.03. The number of nitrogens with zero attached hydrogens (tertiary/aromatic N) is 6. The molecule has 7 rings (SSSR count). The number of rotatable bonds is 15. The molecule has 3 aliphatic rings. The Morgan fingerprint density at radius 1 is 0.860 bits per heavy atom. The minimum atomic E-state index is -2.08. The zero-order chi connectivity index (χ0) is 63.1. The highest BCUT2D eigenvalue weighted by Crippen LogP contribution is 2.49. The molecule has 9 amide bonds. The van der Waals surface area contributed by atoms with Gasteiger partial charge in [0, 0.05) is 27.3 Å². The molecule has 0 saturated heterocycles. The van der Waals surface area contributed by atoms with E-state index < -0.39 is 130 Å². The fourth-order valence-corrected chi connectivity index (χ4v) is 13.3. The monoisotopic (exact) mass is 1280 g/mol. The highest BCUT2D eigenvalue weighted by Gasteiger charge is 2.51. The molecule has 0 radical (unpaired) electrons. The molecule has 3 aliphatic heterocycles. The number of primary amides is 1. The van der Waals surface area contributed by atoms with Crippen molar-refractivity contribution < 1.29 is 68.3 Å². The Morgan fingerprint density at radius 2 is 1.52 bits per heavy atom. The molecule has 4 aromatic heterocycles. The molecule has 4 aromatic rings. The number of allylic oxidation sites excluding steroid dienone is 1. The van der Waals surface area contributed by atoms with Crippen molar-refractivity contribution in [3.05, 3.63) is 113 Å². The highest BCUT2D eigenvalue weighted by atomic mass is 32.2. The Labute approximate surface area is 510 Å². The summed E-state index contributed by atoms with van der Waals surface area (Å²) in [4.78, 5) is 150. The van der Waals surface area contributed by atoms with Gasteiger partial charge in [-0.15, -0.1) is 57.1 Å². The molecule has 8 bridgehead atoms. The first-order valence-corrected chi connectivity index (χ1v) is 30.5. The number of aliphatic hydroxyl groups excluding tert-OH is 3. The van der Waals surface area contributed by atoms with Gasteiger partial charge >= 0.3 is 6.09 Å². The first-order chi connectivity index (χ1) is 40.6. The van der Waals surface area contributed by atoms with E-state index in [4.69, 9.17) is 25.4 Å². The number of hydrogen-bond acceptors (Lipinski definition) is 25. The number of hydrogen-bond donors (Lipinski definition) is 13. The number of thiazole rings is 4. The summed E-state index contributed by atoms with van der Waals surface area (Å²) < 4.78 is 5.07. The molecular formula is C52H61N15O14S5. The second kappa shape index (κ2) is 27.6. The smallest absolute Gasteiger partial charge is 0.408 e. The molecule has 14 N–H and O–H groups in total. The molecular weight excluding hydrogens is 1220 g/mol. The fraction of sp³-hybridized carbons (Fsp3) is 0.404. The van der Waals surface area contributed by atoms with Crippen molar-refractivity contribution in [2.75, 3.05) is 12.4 Å². The summed E-state index contributed by atoms with van der Waals surface area (Å²) in [6.45, 7) is 18.4. The van der Waals surface area contributed by atoms with Crippen LogP contribution in [0, 0.1) is 0 Å². The van der Waals surface area contributed by atoms with Crippen LogP contribution < -0.4 is 48.3 Å². The van der Waals surface area contributed by atoms with Gasteiger partial charge in [0.15, 0.2) is 0 Å². The predicted molar refractivity (Wildman–Crippen MR) is 318 cm³/mol. The van der Waals surface area contributed by atoms with Gasteiger partial charge in [0.1, 0.15) is 96.2 Å². The van der Waals surface area contributed by atoms with E-state index in [1.54, 1.807) is 6.92 Å². The maximum atomic E-state index is 14.5. The Balaban J connectivity index is 1.37. The van der Waals surface area contributed by atoms with Gasteiger partial charge in [-0.2, -0.15) is 0 Å². The molecule has 0 unspecified atom stereocenters. The van der Waals surface area contributed by atoms with Gasteiger partial charge in [-0.1, -0.05) is 31.9 Å². The Bertz CT molecular complexity index is 3470. The van der Waals surface area contributed by atoms with Crippen LogP contribution in [0.2, 0.25) is 0 Å². The van der Waals surface area contributed by atoms with E-state index in [0.717, 1.165) is 57.1 Å². The highest BCUT2D eigenvalue weighted by molar-refractivity contribution is 8.14. The van der Waals surface area contributed by atoms with Crippen molar-refractivity contribution in [1.29, 1.82) is 0 Å². The maximum absolute atomic E-state index is 14.5. The van der Waals surface area contributed by atoms with Crippen LogP contribution in [-0.2, 0) is 34.2 Å². The molecule has 458 valence electrons. The van der Waals surface area contributed by atoms with Gasteiger partial charge in [-0.25, -0.2) is 24.7 Å². The van der Waals surface area contributed by atoms with Crippen molar-refractivity contribution in [3.8, 4) is 0 Å². The molecule has 29 nitrogen and oxygen atoms in total. The van der Waals surface area contributed by atoms with Crippen molar-refractivity contribution in [2.45, 2.75) is 120 Å². The zero-order valence-electron chi connectivity index (χ0n) is 46.8. The average Bonchev–Trinajstić information content (AvgIpc) is 1.64. The van der Waals surface area contributed by atoms with Crippen molar-refractivity contribution >= 4 is 121 Å². The molecule has 34 heteroatoms. The maximum Gasteiger partial charge on any atom is 0.408 e. The molecule has 7 heterocycles. The summed E-state index contributed by atoms with van der Waals surface area (Å²) in [5.41, 5.74) is 0.0891. The number of aliphatic imine (C=N–C) groups is 2. The quantitative estimate of drug-likeness (QED) is 0.0575. The third-order valence-corrected chi connectivity index (χ3v) is 18.3. The Kier molecular flexibility index (Phi) is 21.0. The average molecular weight is 1280 g/mol. The number of amides is 9. The van der Waals surface area contributed by atoms with Crippen LogP contribution in [0.15, 0.2) is 80.5 Å². The molecule has 0 aromatic carbocycles. The van der Waals surface area contributed by atoms with Crippen molar-refractivity contribution in [1.82, 2.24) is 62.5 Å². The van der Waals surface area contributed by atoms with Crippen molar-refractivity contribution in [2.24, 2.45) is 15.7 Å². The van der Waals surface area contributed by atoms with E-state index in [1.165, 1.54) is 68.3 Å². The molecule has 1 spiro atoms. The fourth-order valence-electron chi connectivity index (χ4n) is 8.42. The first-order valence-electron chi connectivity index (χ1n) is 26.0. The van der Waals surface area contributed by atoms with Gasteiger partial charge in [0.05, 0.1) is 46.8 Å². The van der Waals surface area contributed by atoms with E-state index in [1.807, 2.05) is 0 Å². The normalized spacial score (nSPS) is 23.5. The standard InChI is InChI=1S/C52H61N15O14S5/c1-10-14-81-50(79)56-22(5)39(73)65-35-28-15-84-47(58-28)34(24(7)69)64-41(75)30-18-85-48(61-30)36(51(9,80)25(8)70)66-43(77)31-17-82-45(59-31)26(11-2)57-44(78)33(23(6)68)63-42(76)32-19-86-49(62-32)52(35)13-12-27(67-52)46-60-29(16-83-46)40(74)55-21(4)38(72)54-20(3)37(53)71/h10-11,15-16,18-19,22-25,31,33-36,68-70,80H,1,3-4,12-14,17H2,2,5-9H3,(H2,53,71)(H,54,72)(H,55,74)(H,56,79)(H,57,78)(H,63,76)(H,64,75)(H,65,73)(H,66,77)/b26-11-/t22-,23+,24+,25+,31+,33+,34-,35+,36+,51+,52+/m0/s1. The van der Waals surface area contributed by atoms with Gasteiger partial charge in [-0.05, 0) is 54.4 Å². The number of thioether (sulfide) groups is 1. The Morgan fingerprint density at radius 3 is 2.17 bits per heavy atom. The molecule has 11 atom stereocenters. The summed E-state index contributed by atoms with van der Waals surface area (Å²) >= 11 is 4.82. The number of carbonyl (C=O) groups is 9. The summed E-state index contributed by atoms with van der Waals surface area (Å²) in [5, 5.41) is 71.4. The number of nitrogens with one attached hydrogen (secondary N) is 8. The zero-order valence-corrected chi connectivity index (χ0v) is 50.9. The lowest BCUT2D eigenvalue weighted by Gasteiger charge is -2.34. The van der Waals surface area contributed by atoms with Crippen molar-refractivity contribution in [3.63, 3.8) is 0 Å². The largest absolute Gasteiger partial charge is 0.445 e. The first kappa shape index (κ1) is 65.6. The molecule has 0 saturated carbocycles. The lowest BCUT2D eigenvalue weighted by atomic mass is 9.86. The van der Waals surface area contributed by atoms with Gasteiger partial charge in [0.25, 0.3) is 29.5 Å².